The molecule has 0 radical (unpaired) electrons. The molecule has 2 aromatic rings. The third kappa shape index (κ3) is 3.52. The molecule has 2 heterocycles. The number of amides is 2. The zero-order valence-corrected chi connectivity index (χ0v) is 19.0. The Bertz CT molecular complexity index is 968. The molecule has 1 saturated heterocycles. The van der Waals surface area contributed by atoms with E-state index in [1.54, 1.807) is 11.3 Å². The van der Waals surface area contributed by atoms with Crippen LogP contribution in [0.15, 0.2) is 34.7 Å². The number of nitrogens with zero attached hydrogens (tertiary/aromatic N) is 2. The summed E-state index contributed by atoms with van der Waals surface area (Å²) in [6, 6.07) is 5.82. The minimum atomic E-state index is -0.145. The minimum Gasteiger partial charge on any atom is -0.274 e. The van der Waals surface area contributed by atoms with Crippen LogP contribution in [-0.4, -0.2) is 22.6 Å². The highest BCUT2D eigenvalue weighted by atomic mass is 32.2. The van der Waals surface area contributed by atoms with Crippen molar-refractivity contribution in [3.05, 3.63) is 30.4 Å². The van der Waals surface area contributed by atoms with E-state index in [4.69, 9.17) is 4.98 Å². The van der Waals surface area contributed by atoms with Gasteiger partial charge in [0, 0.05) is 5.75 Å². The fourth-order valence-corrected chi connectivity index (χ4v) is 7.46. The SMILES string of the molecule is CCCCCCCCSc1nc2ccc(N3C(=O)[C@@H]4[C@H](C3=O)[C@H]3C=C[C@H]4C3)cc2s1. The molecule has 2 aliphatic carbocycles. The van der Waals surface area contributed by atoms with Crippen molar-refractivity contribution < 1.29 is 9.59 Å². The number of allylic oxidation sites excluding steroid dienone is 2. The van der Waals surface area contributed by atoms with Gasteiger partial charge in [-0.3, -0.25) is 9.59 Å². The third-order valence-electron chi connectivity index (χ3n) is 6.80. The maximum atomic E-state index is 13.1. The molecule has 2 amide bonds. The van der Waals surface area contributed by atoms with Gasteiger partial charge in [0.25, 0.3) is 0 Å². The summed E-state index contributed by atoms with van der Waals surface area (Å²) in [6.45, 7) is 2.25. The fourth-order valence-electron chi connectivity index (χ4n) is 5.29. The largest absolute Gasteiger partial charge is 0.274 e. The van der Waals surface area contributed by atoms with Gasteiger partial charge in [0.1, 0.15) is 0 Å². The van der Waals surface area contributed by atoms with Crippen molar-refractivity contribution in [3.63, 3.8) is 0 Å². The van der Waals surface area contributed by atoms with Crippen LogP contribution >= 0.6 is 23.1 Å². The van der Waals surface area contributed by atoms with Gasteiger partial charge in [0.2, 0.25) is 11.8 Å². The molecule has 3 aliphatic rings. The lowest BCUT2D eigenvalue weighted by Crippen LogP contribution is -2.32. The second-order valence-electron chi connectivity index (χ2n) is 8.76. The average Bonchev–Trinajstić information content (AvgIpc) is 3.50. The number of thiazole rings is 1. The van der Waals surface area contributed by atoms with E-state index in [0.717, 1.165) is 26.7 Å². The van der Waals surface area contributed by atoms with E-state index in [-0.39, 0.29) is 35.5 Å². The molecule has 4 nitrogen and oxygen atoms in total. The number of hydrogen-bond donors (Lipinski definition) is 0. The van der Waals surface area contributed by atoms with Gasteiger partial charge in [-0.1, -0.05) is 62.9 Å². The number of rotatable bonds is 9. The van der Waals surface area contributed by atoms with Crippen LogP contribution in [0.25, 0.3) is 10.2 Å². The van der Waals surface area contributed by atoms with E-state index in [2.05, 4.69) is 19.1 Å². The molecule has 5 rings (SSSR count). The highest BCUT2D eigenvalue weighted by molar-refractivity contribution is 8.01. The Balaban J connectivity index is 1.25. The van der Waals surface area contributed by atoms with E-state index in [0.29, 0.717) is 5.69 Å². The lowest BCUT2D eigenvalue weighted by Gasteiger charge is -2.17. The van der Waals surface area contributed by atoms with Gasteiger partial charge in [-0.05, 0) is 42.9 Å². The number of thioether (sulfide) groups is 1. The summed E-state index contributed by atoms with van der Waals surface area (Å²) < 4.78 is 2.13. The normalized spacial score (nSPS) is 27.0. The predicted octanol–water partition coefficient (Wildman–Crippen LogP) is 6.06. The van der Waals surface area contributed by atoms with E-state index < -0.39 is 0 Å². The highest BCUT2D eigenvalue weighted by Crippen LogP contribution is 2.53. The van der Waals surface area contributed by atoms with E-state index >= 15 is 0 Å². The summed E-state index contributed by atoms with van der Waals surface area (Å²) in [7, 11) is 0. The molecule has 1 aromatic carbocycles. The molecule has 30 heavy (non-hydrogen) atoms. The average molecular weight is 441 g/mol. The van der Waals surface area contributed by atoms with E-state index in [1.807, 2.05) is 30.0 Å². The fraction of sp³-hybridized carbons (Fsp3) is 0.542. The summed E-state index contributed by atoms with van der Waals surface area (Å²) in [5.74, 6) is 1.28. The van der Waals surface area contributed by atoms with E-state index in [1.165, 1.54) is 43.4 Å². The van der Waals surface area contributed by atoms with Crippen LogP contribution < -0.4 is 4.90 Å². The Morgan fingerprint density at radius 3 is 2.47 bits per heavy atom. The smallest absolute Gasteiger partial charge is 0.238 e. The Labute approximate surface area is 186 Å². The van der Waals surface area contributed by atoms with Gasteiger partial charge in [0.05, 0.1) is 27.7 Å². The Kier molecular flexibility index (Phi) is 5.71. The number of benzene rings is 1. The van der Waals surface area contributed by atoms with Gasteiger partial charge in [-0.25, -0.2) is 9.88 Å². The quantitative estimate of drug-likeness (QED) is 0.206. The first kappa shape index (κ1) is 20.3. The van der Waals surface area contributed by atoms with Crippen LogP contribution in [0.3, 0.4) is 0 Å². The summed E-state index contributed by atoms with van der Waals surface area (Å²) in [5.41, 5.74) is 1.66. The maximum Gasteiger partial charge on any atom is 0.238 e. The summed E-state index contributed by atoms with van der Waals surface area (Å²) in [6.07, 6.45) is 13.1. The van der Waals surface area contributed by atoms with Crippen molar-refractivity contribution in [1.82, 2.24) is 4.98 Å². The molecule has 4 atom stereocenters. The molecule has 1 saturated carbocycles. The number of hydrogen-bond acceptors (Lipinski definition) is 5. The molecular formula is C24H28N2O2S2. The molecule has 0 N–H and O–H groups in total. The van der Waals surface area contributed by atoms with Gasteiger partial charge in [0.15, 0.2) is 4.34 Å². The number of aromatic nitrogens is 1. The van der Waals surface area contributed by atoms with Gasteiger partial charge in [-0.15, -0.1) is 11.3 Å². The number of unbranched alkanes of at least 4 members (excludes halogenated alkanes) is 5. The van der Waals surface area contributed by atoms with Gasteiger partial charge in [-0.2, -0.15) is 0 Å². The van der Waals surface area contributed by atoms with Crippen LogP contribution in [0.1, 0.15) is 51.9 Å². The van der Waals surface area contributed by atoms with Crippen molar-refractivity contribution >= 4 is 50.8 Å². The summed E-state index contributed by atoms with van der Waals surface area (Å²) in [4.78, 5) is 32.3. The third-order valence-corrected chi connectivity index (χ3v) is 9.05. The Hall–Kier alpha value is -1.66. The molecule has 2 bridgehead atoms. The first-order valence-corrected chi connectivity index (χ1v) is 13.1. The van der Waals surface area contributed by atoms with Crippen molar-refractivity contribution in [2.24, 2.45) is 23.7 Å². The first-order chi connectivity index (χ1) is 14.7. The zero-order chi connectivity index (χ0) is 20.7. The van der Waals surface area contributed by atoms with Crippen molar-refractivity contribution in [3.8, 4) is 0 Å². The van der Waals surface area contributed by atoms with Crippen LogP contribution in [0.2, 0.25) is 0 Å². The summed E-state index contributed by atoms with van der Waals surface area (Å²) >= 11 is 3.49. The van der Waals surface area contributed by atoms with E-state index in [9.17, 15) is 9.59 Å². The van der Waals surface area contributed by atoms with Crippen molar-refractivity contribution in [2.75, 3.05) is 10.7 Å². The molecule has 1 aromatic heterocycles. The summed E-state index contributed by atoms with van der Waals surface area (Å²) in [5, 5.41) is 0. The number of fused-ring (bicyclic) bond motifs is 6. The highest BCUT2D eigenvalue weighted by Gasteiger charge is 2.59. The van der Waals surface area contributed by atoms with Crippen LogP contribution in [0, 0.1) is 23.7 Å². The lowest BCUT2D eigenvalue weighted by atomic mass is 9.85. The van der Waals surface area contributed by atoms with Crippen molar-refractivity contribution in [1.29, 1.82) is 0 Å². The molecule has 0 spiro atoms. The monoisotopic (exact) mass is 440 g/mol. The Morgan fingerprint density at radius 1 is 1.03 bits per heavy atom. The second-order valence-corrected chi connectivity index (χ2v) is 11.1. The lowest BCUT2D eigenvalue weighted by molar-refractivity contribution is -0.123. The topological polar surface area (TPSA) is 50.3 Å². The molecule has 158 valence electrons. The molecule has 2 fully saturated rings. The molecule has 1 aliphatic heterocycles. The number of imide groups is 1. The predicted molar refractivity (Wildman–Crippen MR) is 124 cm³/mol. The zero-order valence-electron chi connectivity index (χ0n) is 17.4. The van der Waals surface area contributed by atoms with Gasteiger partial charge >= 0.3 is 0 Å². The maximum absolute atomic E-state index is 13.1. The Morgan fingerprint density at radius 2 is 1.73 bits per heavy atom. The molecule has 6 heteroatoms. The molecule has 0 unspecified atom stereocenters. The standard InChI is InChI=1S/C24H28N2O2S2/c1-2-3-4-5-6-7-12-29-24-25-18-11-10-17(14-19(18)30-24)26-22(27)20-15-8-9-16(13-15)21(20)23(26)28/h8-11,14-16,20-21H,2-7,12-13H2,1H3/t15-,16-,20-,21+/m0/s1. The number of anilines is 1. The van der Waals surface area contributed by atoms with Gasteiger partial charge < -0.3 is 0 Å². The van der Waals surface area contributed by atoms with Crippen LogP contribution in [-0.2, 0) is 9.59 Å². The second kappa shape index (κ2) is 8.46. The minimum absolute atomic E-state index is 0.0108. The number of carbonyl (C=O) groups excluding carboxylic acids is 2. The molecular weight excluding hydrogens is 412 g/mol. The van der Waals surface area contributed by atoms with Crippen LogP contribution in [0.4, 0.5) is 5.69 Å². The van der Waals surface area contributed by atoms with Crippen molar-refractivity contribution in [2.45, 2.75) is 56.2 Å². The first-order valence-electron chi connectivity index (χ1n) is 11.3. The van der Waals surface area contributed by atoms with Crippen LogP contribution in [0.5, 0.6) is 0 Å². The number of carbonyl (C=O) groups is 2.